The highest BCUT2D eigenvalue weighted by Crippen LogP contribution is 2.18. The van der Waals surface area contributed by atoms with Gasteiger partial charge in [0.2, 0.25) is 5.76 Å². The Morgan fingerprint density at radius 1 is 1.50 bits per heavy atom. The molecule has 0 aromatic carbocycles. The summed E-state index contributed by atoms with van der Waals surface area (Å²) in [5.41, 5.74) is 0. The topological polar surface area (TPSA) is 45.5 Å². The van der Waals surface area contributed by atoms with Gasteiger partial charge in [-0.15, -0.1) is 0 Å². The van der Waals surface area contributed by atoms with Crippen molar-refractivity contribution in [3.63, 3.8) is 0 Å². The Balaban J connectivity index is 2.11. The van der Waals surface area contributed by atoms with Crippen LogP contribution in [0.25, 0.3) is 0 Å². The van der Waals surface area contributed by atoms with Gasteiger partial charge in [-0.1, -0.05) is 11.6 Å². The van der Waals surface area contributed by atoms with Gasteiger partial charge in [-0.2, -0.15) is 0 Å². The summed E-state index contributed by atoms with van der Waals surface area (Å²) >= 11 is 5.80. The molecule has 1 aliphatic heterocycles. The molecule has 1 aromatic heterocycles. The van der Waals surface area contributed by atoms with E-state index in [1.165, 1.54) is 6.26 Å². The number of carbonyl (C=O) groups is 1. The smallest absolute Gasteiger partial charge is 0.291 e. The summed E-state index contributed by atoms with van der Waals surface area (Å²) in [6, 6.07) is 1.58. The van der Waals surface area contributed by atoms with E-state index >= 15 is 0 Å². The number of carbonyl (C=O) groups excluding carboxylic acids is 1. The molecule has 1 N–H and O–H groups in total. The molecule has 2 rings (SSSR count). The predicted molar refractivity (Wildman–Crippen MR) is 52.5 cm³/mol. The third kappa shape index (κ3) is 1.76. The van der Waals surface area contributed by atoms with E-state index in [-0.39, 0.29) is 11.7 Å². The molecule has 0 unspecified atom stereocenters. The van der Waals surface area contributed by atoms with E-state index < -0.39 is 0 Å². The number of amides is 1. The van der Waals surface area contributed by atoms with Crippen molar-refractivity contribution < 1.29 is 9.21 Å². The van der Waals surface area contributed by atoms with E-state index in [4.69, 9.17) is 16.0 Å². The lowest BCUT2D eigenvalue weighted by Crippen LogP contribution is -2.46. The maximum atomic E-state index is 11.8. The van der Waals surface area contributed by atoms with Crippen LogP contribution in [0, 0.1) is 0 Å². The molecule has 1 amide bonds. The van der Waals surface area contributed by atoms with Crippen molar-refractivity contribution in [2.45, 2.75) is 0 Å². The van der Waals surface area contributed by atoms with Crippen LogP contribution in [0.1, 0.15) is 10.6 Å². The first kappa shape index (κ1) is 9.55. The van der Waals surface area contributed by atoms with Crippen molar-refractivity contribution in [3.05, 3.63) is 23.1 Å². The summed E-state index contributed by atoms with van der Waals surface area (Å²) in [5.74, 6) is 0.120. The van der Waals surface area contributed by atoms with E-state index in [9.17, 15) is 4.79 Å². The Kier molecular flexibility index (Phi) is 2.74. The number of nitrogens with one attached hydrogen (secondary N) is 1. The fourth-order valence-corrected chi connectivity index (χ4v) is 1.63. The Morgan fingerprint density at radius 3 is 2.79 bits per heavy atom. The predicted octanol–water partition coefficient (Wildman–Crippen LogP) is 0.978. The molecule has 0 saturated carbocycles. The van der Waals surface area contributed by atoms with Crippen LogP contribution in [-0.2, 0) is 0 Å². The first-order valence-electron chi connectivity index (χ1n) is 4.52. The molecule has 76 valence electrons. The highest BCUT2D eigenvalue weighted by atomic mass is 35.5. The highest BCUT2D eigenvalue weighted by Gasteiger charge is 2.22. The summed E-state index contributed by atoms with van der Waals surface area (Å²) in [6.07, 6.45) is 1.43. The Hall–Kier alpha value is -1.00. The standard InChI is InChI=1S/C9H11ClN2O2/c10-7-1-6-14-8(7)9(13)12-4-2-11-3-5-12/h1,6,11H,2-5H2. The van der Waals surface area contributed by atoms with Crippen LogP contribution in [0.2, 0.25) is 5.02 Å². The average molecular weight is 215 g/mol. The number of furan rings is 1. The zero-order valence-electron chi connectivity index (χ0n) is 7.62. The molecule has 1 fully saturated rings. The molecule has 1 aromatic rings. The Labute approximate surface area is 86.8 Å². The van der Waals surface area contributed by atoms with E-state index in [1.54, 1.807) is 11.0 Å². The monoisotopic (exact) mass is 214 g/mol. The van der Waals surface area contributed by atoms with E-state index in [0.717, 1.165) is 13.1 Å². The number of hydrogen-bond acceptors (Lipinski definition) is 3. The van der Waals surface area contributed by atoms with Crippen LogP contribution in [0.3, 0.4) is 0 Å². The molecule has 1 aliphatic rings. The van der Waals surface area contributed by atoms with Crippen molar-refractivity contribution in [3.8, 4) is 0 Å². The van der Waals surface area contributed by atoms with Gasteiger partial charge in [0, 0.05) is 26.2 Å². The van der Waals surface area contributed by atoms with Crippen molar-refractivity contribution >= 4 is 17.5 Å². The minimum atomic E-state index is -0.124. The molecule has 4 nitrogen and oxygen atoms in total. The number of hydrogen-bond donors (Lipinski definition) is 1. The maximum absolute atomic E-state index is 11.8. The van der Waals surface area contributed by atoms with Gasteiger partial charge in [-0.3, -0.25) is 4.79 Å². The fraction of sp³-hybridized carbons (Fsp3) is 0.444. The quantitative estimate of drug-likeness (QED) is 0.758. The highest BCUT2D eigenvalue weighted by molar-refractivity contribution is 6.33. The minimum absolute atomic E-state index is 0.124. The molecule has 0 atom stereocenters. The van der Waals surface area contributed by atoms with Gasteiger partial charge in [-0.05, 0) is 6.07 Å². The molecule has 0 spiro atoms. The number of rotatable bonds is 1. The van der Waals surface area contributed by atoms with Crippen LogP contribution >= 0.6 is 11.6 Å². The molecule has 1 saturated heterocycles. The fourth-order valence-electron chi connectivity index (χ4n) is 1.46. The summed E-state index contributed by atoms with van der Waals surface area (Å²) in [6.45, 7) is 3.06. The molecular formula is C9H11ClN2O2. The number of halogens is 1. The lowest BCUT2D eigenvalue weighted by Gasteiger charge is -2.26. The van der Waals surface area contributed by atoms with Gasteiger partial charge in [0.1, 0.15) is 0 Å². The Morgan fingerprint density at radius 2 is 2.21 bits per heavy atom. The number of nitrogens with zero attached hydrogens (tertiary/aromatic N) is 1. The van der Waals surface area contributed by atoms with E-state index in [0.29, 0.717) is 18.1 Å². The van der Waals surface area contributed by atoms with Gasteiger partial charge in [0.15, 0.2) is 0 Å². The normalized spacial score (nSPS) is 17.1. The summed E-state index contributed by atoms with van der Waals surface area (Å²) < 4.78 is 5.04. The van der Waals surface area contributed by atoms with E-state index in [2.05, 4.69) is 5.32 Å². The van der Waals surface area contributed by atoms with Crippen LogP contribution < -0.4 is 5.32 Å². The first-order valence-corrected chi connectivity index (χ1v) is 4.90. The second-order valence-corrected chi connectivity index (χ2v) is 3.55. The third-order valence-corrected chi connectivity index (χ3v) is 2.51. The van der Waals surface area contributed by atoms with E-state index in [1.807, 2.05) is 0 Å². The lowest BCUT2D eigenvalue weighted by molar-refractivity contribution is 0.0704. The van der Waals surface area contributed by atoms with Crippen molar-refractivity contribution in [2.75, 3.05) is 26.2 Å². The molecule has 2 heterocycles. The first-order chi connectivity index (χ1) is 6.79. The Bertz CT molecular complexity index is 331. The largest absolute Gasteiger partial charge is 0.458 e. The maximum Gasteiger partial charge on any atom is 0.291 e. The zero-order chi connectivity index (χ0) is 9.97. The summed E-state index contributed by atoms with van der Waals surface area (Å²) in [4.78, 5) is 13.5. The van der Waals surface area contributed by atoms with Crippen LogP contribution in [0.4, 0.5) is 0 Å². The van der Waals surface area contributed by atoms with Crippen molar-refractivity contribution in [1.82, 2.24) is 10.2 Å². The van der Waals surface area contributed by atoms with Gasteiger partial charge in [0.25, 0.3) is 5.91 Å². The molecule has 0 radical (unpaired) electrons. The average Bonchev–Trinajstić information content (AvgIpc) is 2.65. The summed E-state index contributed by atoms with van der Waals surface area (Å²) in [7, 11) is 0. The SMILES string of the molecule is O=C(c1occc1Cl)N1CCNCC1. The molecule has 0 aliphatic carbocycles. The molecular weight excluding hydrogens is 204 g/mol. The van der Waals surface area contributed by atoms with Gasteiger partial charge >= 0.3 is 0 Å². The summed E-state index contributed by atoms with van der Waals surface area (Å²) in [5, 5.41) is 3.55. The molecule has 14 heavy (non-hydrogen) atoms. The van der Waals surface area contributed by atoms with Gasteiger partial charge < -0.3 is 14.6 Å². The second-order valence-electron chi connectivity index (χ2n) is 3.14. The second kappa shape index (κ2) is 4.02. The lowest BCUT2D eigenvalue weighted by atomic mass is 10.3. The van der Waals surface area contributed by atoms with Crippen LogP contribution in [0.5, 0.6) is 0 Å². The zero-order valence-corrected chi connectivity index (χ0v) is 8.38. The van der Waals surface area contributed by atoms with Crippen LogP contribution in [0.15, 0.2) is 16.7 Å². The third-order valence-electron chi connectivity index (χ3n) is 2.22. The van der Waals surface area contributed by atoms with Crippen molar-refractivity contribution in [2.24, 2.45) is 0 Å². The van der Waals surface area contributed by atoms with Crippen molar-refractivity contribution in [1.29, 1.82) is 0 Å². The molecule has 0 bridgehead atoms. The number of piperazine rings is 1. The minimum Gasteiger partial charge on any atom is -0.458 e. The van der Waals surface area contributed by atoms with Crippen LogP contribution in [-0.4, -0.2) is 37.0 Å². The molecule has 5 heteroatoms. The van der Waals surface area contributed by atoms with Gasteiger partial charge in [0.05, 0.1) is 11.3 Å². The van der Waals surface area contributed by atoms with Gasteiger partial charge in [-0.25, -0.2) is 0 Å².